The molecule has 216 valence electrons. The maximum atomic E-state index is 13.5. The fraction of sp³-hybridized carbons (Fsp3) is 0.0698. The molecule has 2 aliphatic rings. The standard InChI is InChI=1S/C43H27NO2/c1-43(2)35-23-27-11-5-6-12-29(27)38-31-13-7-8-14-36(31)44(40(35)38)37-18-16-28-19-24(15-17-30(28)39(37)43)20-34-41(45)32-21-25-9-3-4-10-26(25)22-33(32)42(34)46/h3-23H,1-2H3. The summed E-state index contributed by atoms with van der Waals surface area (Å²) in [5.41, 5.74) is 8.05. The van der Waals surface area contributed by atoms with Crippen LogP contribution in [0.3, 0.4) is 0 Å². The van der Waals surface area contributed by atoms with Crippen molar-refractivity contribution in [3.8, 4) is 5.69 Å². The van der Waals surface area contributed by atoms with E-state index in [4.69, 9.17) is 0 Å². The van der Waals surface area contributed by atoms with Gasteiger partial charge in [-0.3, -0.25) is 9.59 Å². The Hall–Kier alpha value is -5.80. The number of nitrogens with zero attached hydrogens (tertiary/aromatic N) is 1. The van der Waals surface area contributed by atoms with E-state index in [1.165, 1.54) is 54.8 Å². The van der Waals surface area contributed by atoms with Crippen LogP contribution in [0.15, 0.2) is 127 Å². The van der Waals surface area contributed by atoms with Gasteiger partial charge in [-0.2, -0.15) is 0 Å². The second kappa shape index (κ2) is 8.68. The number of rotatable bonds is 1. The van der Waals surface area contributed by atoms with E-state index < -0.39 is 0 Å². The van der Waals surface area contributed by atoms with Crippen LogP contribution in [0.1, 0.15) is 51.3 Å². The van der Waals surface area contributed by atoms with Crippen molar-refractivity contribution in [2.75, 3.05) is 0 Å². The molecule has 0 unspecified atom stereocenters. The number of fused-ring (bicyclic) bond motifs is 11. The number of ketones is 2. The van der Waals surface area contributed by atoms with Gasteiger partial charge in [0.05, 0.1) is 22.3 Å². The number of hydrogen-bond donors (Lipinski definition) is 0. The van der Waals surface area contributed by atoms with Gasteiger partial charge in [0.1, 0.15) is 0 Å². The molecule has 0 saturated heterocycles. The van der Waals surface area contributed by atoms with Crippen molar-refractivity contribution in [3.05, 3.63) is 155 Å². The third-order valence-corrected chi connectivity index (χ3v) is 10.4. The van der Waals surface area contributed by atoms with Crippen LogP contribution < -0.4 is 0 Å². The van der Waals surface area contributed by atoms with Gasteiger partial charge < -0.3 is 4.57 Å². The van der Waals surface area contributed by atoms with Crippen LogP contribution in [-0.4, -0.2) is 16.1 Å². The topological polar surface area (TPSA) is 39.1 Å². The lowest BCUT2D eigenvalue weighted by Gasteiger charge is -2.36. The van der Waals surface area contributed by atoms with Crippen molar-refractivity contribution in [1.82, 2.24) is 4.57 Å². The van der Waals surface area contributed by atoms with Crippen LogP contribution in [-0.2, 0) is 5.41 Å². The Morgan fingerprint density at radius 2 is 1.22 bits per heavy atom. The van der Waals surface area contributed by atoms with Gasteiger partial charge in [0.15, 0.2) is 11.6 Å². The molecule has 3 heteroatoms. The van der Waals surface area contributed by atoms with E-state index in [9.17, 15) is 9.59 Å². The van der Waals surface area contributed by atoms with E-state index in [-0.39, 0.29) is 22.6 Å². The molecule has 8 aromatic rings. The zero-order chi connectivity index (χ0) is 30.9. The van der Waals surface area contributed by atoms with Crippen molar-refractivity contribution in [2.45, 2.75) is 19.3 Å². The lowest BCUT2D eigenvalue weighted by molar-refractivity contribution is 0.0990. The van der Waals surface area contributed by atoms with E-state index in [2.05, 4.69) is 97.3 Å². The van der Waals surface area contributed by atoms with Crippen LogP contribution in [0, 0.1) is 0 Å². The number of allylic oxidation sites excluding steroid dienone is 1. The number of hydrogen-bond acceptors (Lipinski definition) is 2. The highest BCUT2D eigenvalue weighted by molar-refractivity contribution is 6.42. The highest BCUT2D eigenvalue weighted by atomic mass is 16.2. The number of para-hydroxylation sites is 1. The number of aromatic nitrogens is 1. The summed E-state index contributed by atoms with van der Waals surface area (Å²) >= 11 is 0. The molecule has 0 fully saturated rings. The number of carbonyl (C=O) groups is 2. The Bertz CT molecular complexity index is 2700. The van der Waals surface area contributed by atoms with Gasteiger partial charge in [0, 0.05) is 27.3 Å². The smallest absolute Gasteiger partial charge is 0.197 e. The maximum Gasteiger partial charge on any atom is 0.197 e. The zero-order valence-electron chi connectivity index (χ0n) is 25.4. The van der Waals surface area contributed by atoms with Crippen molar-refractivity contribution >= 4 is 71.8 Å². The first kappa shape index (κ1) is 25.5. The van der Waals surface area contributed by atoms with Gasteiger partial charge in [0.2, 0.25) is 0 Å². The van der Waals surface area contributed by atoms with Gasteiger partial charge >= 0.3 is 0 Å². The Morgan fingerprint density at radius 1 is 0.587 bits per heavy atom. The molecular formula is C43H27NO2. The van der Waals surface area contributed by atoms with Crippen LogP contribution in [0.4, 0.5) is 0 Å². The van der Waals surface area contributed by atoms with Gasteiger partial charge in [-0.25, -0.2) is 0 Å². The molecule has 0 bridgehead atoms. The summed E-state index contributed by atoms with van der Waals surface area (Å²) in [6.07, 6.45) is 1.77. The van der Waals surface area contributed by atoms with E-state index >= 15 is 0 Å². The van der Waals surface area contributed by atoms with Gasteiger partial charge in [0.25, 0.3) is 0 Å². The van der Waals surface area contributed by atoms with Crippen LogP contribution in [0.2, 0.25) is 0 Å². The molecule has 0 radical (unpaired) electrons. The average Bonchev–Trinajstić information content (AvgIpc) is 3.54. The molecular weight excluding hydrogens is 562 g/mol. The molecule has 2 heterocycles. The summed E-state index contributed by atoms with van der Waals surface area (Å²) in [5.74, 6) is -0.408. The molecule has 0 amide bonds. The molecule has 0 atom stereocenters. The molecule has 7 aromatic carbocycles. The van der Waals surface area contributed by atoms with E-state index in [1.54, 1.807) is 6.08 Å². The predicted octanol–water partition coefficient (Wildman–Crippen LogP) is 10.3. The lowest BCUT2D eigenvalue weighted by Crippen LogP contribution is -2.26. The highest BCUT2D eigenvalue weighted by Gasteiger charge is 2.37. The van der Waals surface area contributed by atoms with Crippen molar-refractivity contribution in [2.24, 2.45) is 0 Å². The fourth-order valence-corrected chi connectivity index (χ4v) is 8.28. The Morgan fingerprint density at radius 3 is 1.96 bits per heavy atom. The van der Waals surface area contributed by atoms with Crippen molar-refractivity contribution < 1.29 is 9.59 Å². The Labute approximate surface area is 265 Å². The third-order valence-electron chi connectivity index (χ3n) is 10.4. The summed E-state index contributed by atoms with van der Waals surface area (Å²) in [6.45, 7) is 4.67. The molecule has 10 rings (SSSR count). The molecule has 0 saturated carbocycles. The first-order valence-corrected chi connectivity index (χ1v) is 15.8. The molecule has 46 heavy (non-hydrogen) atoms. The Balaban J connectivity index is 1.18. The first-order valence-electron chi connectivity index (χ1n) is 15.8. The molecule has 1 aromatic heterocycles. The molecule has 3 nitrogen and oxygen atoms in total. The normalized spacial score (nSPS) is 15.0. The SMILES string of the molecule is CC1(C)c2c(ccc3cc(C=C4C(=O)c5cc6ccccc6cc5C4=O)ccc23)-n2c3ccccc3c3c4ccccc4cc1c32. The lowest BCUT2D eigenvalue weighted by atomic mass is 9.72. The van der Waals surface area contributed by atoms with E-state index in [1.807, 2.05) is 42.5 Å². The van der Waals surface area contributed by atoms with Crippen molar-refractivity contribution in [3.63, 3.8) is 0 Å². The van der Waals surface area contributed by atoms with Crippen LogP contribution >= 0.6 is 0 Å². The maximum absolute atomic E-state index is 13.5. The highest BCUT2D eigenvalue weighted by Crippen LogP contribution is 2.51. The Kier molecular flexibility index (Phi) is 4.81. The minimum absolute atomic E-state index is 0.204. The second-order valence-electron chi connectivity index (χ2n) is 13.2. The fourth-order valence-electron chi connectivity index (χ4n) is 8.28. The number of benzene rings is 7. The summed E-state index contributed by atoms with van der Waals surface area (Å²) in [7, 11) is 0. The third kappa shape index (κ3) is 3.17. The van der Waals surface area contributed by atoms with E-state index in [0.29, 0.717) is 11.1 Å². The minimum Gasteiger partial charge on any atom is -0.309 e. The van der Waals surface area contributed by atoms with Gasteiger partial charge in [-0.05, 0) is 91.5 Å². The average molecular weight is 590 g/mol. The van der Waals surface area contributed by atoms with Crippen LogP contribution in [0.5, 0.6) is 0 Å². The minimum atomic E-state index is -0.275. The van der Waals surface area contributed by atoms with Gasteiger partial charge in [-0.15, -0.1) is 0 Å². The van der Waals surface area contributed by atoms with Gasteiger partial charge in [-0.1, -0.05) is 98.8 Å². The van der Waals surface area contributed by atoms with Crippen molar-refractivity contribution in [1.29, 1.82) is 0 Å². The summed E-state index contributed by atoms with van der Waals surface area (Å²) in [6, 6.07) is 42.1. The summed E-state index contributed by atoms with van der Waals surface area (Å²) < 4.78 is 2.46. The van der Waals surface area contributed by atoms with Crippen LogP contribution in [0.25, 0.3) is 65.9 Å². The predicted molar refractivity (Wildman–Crippen MR) is 189 cm³/mol. The first-order chi connectivity index (χ1) is 22.4. The zero-order valence-corrected chi connectivity index (χ0v) is 25.4. The summed E-state index contributed by atoms with van der Waals surface area (Å²) in [5, 5.41) is 9.28. The quantitative estimate of drug-likeness (QED) is 0.141. The summed E-state index contributed by atoms with van der Waals surface area (Å²) in [4.78, 5) is 27.0. The molecule has 0 N–H and O–H groups in total. The monoisotopic (exact) mass is 589 g/mol. The molecule has 0 spiro atoms. The second-order valence-corrected chi connectivity index (χ2v) is 13.2. The largest absolute Gasteiger partial charge is 0.309 e. The van der Waals surface area contributed by atoms with E-state index in [0.717, 1.165) is 21.7 Å². The molecule has 1 aliphatic carbocycles. The number of Topliss-reactive ketones (excluding diaryl/α,β-unsaturated/α-hetero) is 2. The number of carbonyl (C=O) groups excluding carboxylic acids is 2. The molecule has 1 aliphatic heterocycles.